The zero-order valence-corrected chi connectivity index (χ0v) is 15.9. The number of H-pyrrole nitrogens is 1. The average molecular weight is 424 g/mol. The van der Waals surface area contributed by atoms with E-state index >= 15 is 0 Å². The molecule has 11 heteroatoms. The van der Waals surface area contributed by atoms with Crippen molar-refractivity contribution in [2.24, 2.45) is 0 Å². The van der Waals surface area contributed by atoms with Crippen LogP contribution in [0.3, 0.4) is 0 Å². The van der Waals surface area contributed by atoms with Gasteiger partial charge in [-0.2, -0.15) is 13.2 Å². The molecule has 2 N–H and O–H groups in total. The molecule has 0 fully saturated rings. The summed E-state index contributed by atoms with van der Waals surface area (Å²) in [6.45, 7) is 0.649. The lowest BCUT2D eigenvalue weighted by atomic mass is 10.0. The summed E-state index contributed by atoms with van der Waals surface area (Å²) in [5, 5.41) is 3.97. The Morgan fingerprint density at radius 1 is 1.34 bits per heavy atom. The number of amides is 2. The van der Waals surface area contributed by atoms with Gasteiger partial charge in [-0.3, -0.25) is 5.32 Å². The van der Waals surface area contributed by atoms with E-state index in [-0.39, 0.29) is 11.7 Å². The van der Waals surface area contributed by atoms with Crippen molar-refractivity contribution in [3.8, 4) is 0 Å². The summed E-state index contributed by atoms with van der Waals surface area (Å²) in [5.41, 5.74) is 2.01. The molecule has 2 amide bonds. The molecule has 29 heavy (non-hydrogen) atoms. The number of alkyl halides is 3. The molecule has 0 spiro atoms. The number of ether oxygens (including phenoxy) is 1. The fourth-order valence-corrected chi connectivity index (χ4v) is 3.97. The summed E-state index contributed by atoms with van der Waals surface area (Å²) in [4.78, 5) is 32.5. The van der Waals surface area contributed by atoms with E-state index in [2.05, 4.69) is 15.3 Å². The Kier molecular flexibility index (Phi) is 4.69. The second-order valence-corrected chi connectivity index (χ2v) is 7.33. The predicted octanol–water partition coefficient (Wildman–Crippen LogP) is 4.02. The number of nitrogens with one attached hydrogen (secondary N) is 2. The third-order valence-electron chi connectivity index (χ3n) is 4.69. The van der Waals surface area contributed by atoms with Crippen LogP contribution in [0.25, 0.3) is 10.9 Å². The van der Waals surface area contributed by atoms with Gasteiger partial charge in [0.1, 0.15) is 0 Å². The third kappa shape index (κ3) is 3.65. The lowest BCUT2D eigenvalue weighted by Gasteiger charge is -2.27. The topological polar surface area (TPSA) is 87.3 Å². The maximum absolute atomic E-state index is 12.7. The molecule has 0 unspecified atom stereocenters. The minimum atomic E-state index is -4.55. The van der Waals surface area contributed by atoms with Gasteiger partial charge in [0.25, 0.3) is 0 Å². The molecule has 1 aliphatic heterocycles. The molecule has 0 saturated heterocycles. The number of anilines is 1. The first-order valence-electron chi connectivity index (χ1n) is 8.56. The molecule has 0 aliphatic carbocycles. The number of aromatic nitrogens is 2. The number of thiazole rings is 1. The van der Waals surface area contributed by atoms with Crippen LogP contribution in [-0.4, -0.2) is 40.5 Å². The van der Waals surface area contributed by atoms with Crippen molar-refractivity contribution in [1.29, 1.82) is 0 Å². The number of esters is 1. The van der Waals surface area contributed by atoms with Gasteiger partial charge in [0.15, 0.2) is 10.8 Å². The maximum Gasteiger partial charge on any atom is 0.434 e. The van der Waals surface area contributed by atoms with Crippen molar-refractivity contribution in [2.45, 2.75) is 19.1 Å². The standard InChI is InChI=1S/C18H15F3N4O3S/c1-28-15(26)9-2-3-12-10(6-9)11-7-25(5-4-13(11)22-12)17(27)24-16-23-14(8-29-16)18(19,20)21/h2-3,6,8,22H,4-5,7H2,1H3,(H,23,24,27). The van der Waals surface area contributed by atoms with E-state index in [4.69, 9.17) is 4.74 Å². The summed E-state index contributed by atoms with van der Waals surface area (Å²) in [7, 11) is 1.30. The number of rotatable bonds is 2. The van der Waals surface area contributed by atoms with Crippen LogP contribution in [0, 0.1) is 0 Å². The van der Waals surface area contributed by atoms with Crippen molar-refractivity contribution in [3.63, 3.8) is 0 Å². The number of hydrogen-bond acceptors (Lipinski definition) is 5. The van der Waals surface area contributed by atoms with Crippen molar-refractivity contribution >= 4 is 39.4 Å². The van der Waals surface area contributed by atoms with Crippen molar-refractivity contribution in [2.75, 3.05) is 19.0 Å². The molecule has 1 aliphatic rings. The van der Waals surface area contributed by atoms with E-state index in [1.165, 1.54) is 12.0 Å². The SMILES string of the molecule is COC(=O)c1ccc2[nH]c3c(c2c1)CN(C(=O)Nc1nc(C(F)(F)F)cs1)CC3. The van der Waals surface area contributed by atoms with Gasteiger partial charge in [-0.1, -0.05) is 0 Å². The Bertz CT molecular complexity index is 1110. The highest BCUT2D eigenvalue weighted by Gasteiger charge is 2.34. The molecule has 2 aromatic heterocycles. The summed E-state index contributed by atoms with van der Waals surface area (Å²) in [6, 6.07) is 4.60. The maximum atomic E-state index is 12.7. The molecule has 3 heterocycles. The van der Waals surface area contributed by atoms with Gasteiger partial charge in [0.05, 0.1) is 12.7 Å². The number of methoxy groups -OCH3 is 1. The first-order valence-corrected chi connectivity index (χ1v) is 9.44. The molecule has 0 bridgehead atoms. The molecular formula is C18H15F3N4O3S. The lowest BCUT2D eigenvalue weighted by Crippen LogP contribution is -2.38. The minimum Gasteiger partial charge on any atom is -0.465 e. The molecule has 4 rings (SSSR count). The summed E-state index contributed by atoms with van der Waals surface area (Å²) in [5.74, 6) is -0.462. The number of benzene rings is 1. The van der Waals surface area contributed by atoms with Gasteiger partial charge in [-0.05, 0) is 18.2 Å². The monoisotopic (exact) mass is 424 g/mol. The average Bonchev–Trinajstić information content (AvgIpc) is 3.30. The number of fused-ring (bicyclic) bond motifs is 3. The third-order valence-corrected chi connectivity index (χ3v) is 5.45. The van der Waals surface area contributed by atoms with Crippen molar-refractivity contribution in [1.82, 2.24) is 14.9 Å². The molecule has 0 atom stereocenters. The van der Waals surface area contributed by atoms with Gasteiger partial charge >= 0.3 is 18.2 Å². The quantitative estimate of drug-likeness (QED) is 0.609. The minimum absolute atomic E-state index is 0.111. The highest BCUT2D eigenvalue weighted by molar-refractivity contribution is 7.13. The van der Waals surface area contributed by atoms with E-state index in [0.717, 1.165) is 38.9 Å². The molecular weight excluding hydrogens is 409 g/mol. The first-order chi connectivity index (χ1) is 13.8. The number of hydrogen-bond donors (Lipinski definition) is 2. The van der Waals surface area contributed by atoms with E-state index in [9.17, 15) is 22.8 Å². The summed E-state index contributed by atoms with van der Waals surface area (Å²) >= 11 is 0.719. The van der Waals surface area contributed by atoms with E-state index in [1.807, 2.05) is 0 Å². The van der Waals surface area contributed by atoms with Crippen LogP contribution in [0.5, 0.6) is 0 Å². The van der Waals surface area contributed by atoms with Gasteiger partial charge < -0.3 is 14.6 Å². The van der Waals surface area contributed by atoms with Crippen molar-refractivity contribution < 1.29 is 27.5 Å². The number of urea groups is 1. The zero-order valence-electron chi connectivity index (χ0n) is 15.1. The first kappa shape index (κ1) is 19.2. The summed E-state index contributed by atoms with van der Waals surface area (Å²) < 4.78 is 42.8. The van der Waals surface area contributed by atoms with E-state index in [0.29, 0.717) is 18.5 Å². The van der Waals surface area contributed by atoms with E-state index in [1.54, 1.807) is 18.2 Å². The van der Waals surface area contributed by atoms with Crippen LogP contribution in [0.1, 0.15) is 27.3 Å². The highest BCUT2D eigenvalue weighted by atomic mass is 32.1. The molecule has 0 radical (unpaired) electrons. The fraction of sp³-hybridized carbons (Fsp3) is 0.278. The van der Waals surface area contributed by atoms with Gasteiger partial charge in [-0.15, -0.1) is 11.3 Å². The Balaban J connectivity index is 1.55. The number of nitrogens with zero attached hydrogens (tertiary/aromatic N) is 2. The Morgan fingerprint density at radius 3 is 2.83 bits per heavy atom. The van der Waals surface area contributed by atoms with Crippen LogP contribution >= 0.6 is 11.3 Å². The molecule has 7 nitrogen and oxygen atoms in total. The lowest BCUT2D eigenvalue weighted by molar-refractivity contribution is -0.140. The summed E-state index contributed by atoms with van der Waals surface area (Å²) in [6.07, 6.45) is -4.00. The second-order valence-electron chi connectivity index (χ2n) is 6.47. The zero-order chi connectivity index (χ0) is 20.8. The Hall–Kier alpha value is -3.08. The van der Waals surface area contributed by atoms with Crippen LogP contribution in [0.15, 0.2) is 23.6 Å². The second kappa shape index (κ2) is 7.07. The highest BCUT2D eigenvalue weighted by Crippen LogP contribution is 2.32. The number of carbonyl (C=O) groups is 2. The molecule has 1 aromatic carbocycles. The Labute approximate surface area is 166 Å². The van der Waals surface area contributed by atoms with Crippen LogP contribution < -0.4 is 5.32 Å². The smallest absolute Gasteiger partial charge is 0.434 e. The fourth-order valence-electron chi connectivity index (χ4n) is 3.26. The largest absolute Gasteiger partial charge is 0.465 e. The van der Waals surface area contributed by atoms with Gasteiger partial charge in [-0.25, -0.2) is 14.6 Å². The van der Waals surface area contributed by atoms with Crippen LogP contribution in [0.4, 0.5) is 23.1 Å². The normalized spacial score (nSPS) is 14.0. The number of carbonyl (C=O) groups excluding carboxylic acids is 2. The number of halogens is 3. The molecule has 0 saturated carbocycles. The van der Waals surface area contributed by atoms with Crippen LogP contribution in [-0.2, 0) is 23.9 Å². The van der Waals surface area contributed by atoms with Crippen molar-refractivity contribution in [3.05, 3.63) is 46.1 Å². The molecule has 152 valence electrons. The number of aromatic amines is 1. The Morgan fingerprint density at radius 2 is 2.14 bits per heavy atom. The van der Waals surface area contributed by atoms with E-state index < -0.39 is 23.9 Å². The predicted molar refractivity (Wildman–Crippen MR) is 99.9 cm³/mol. The van der Waals surface area contributed by atoms with Gasteiger partial charge in [0, 0.05) is 47.1 Å². The molecule has 3 aromatic rings. The van der Waals surface area contributed by atoms with Crippen LogP contribution in [0.2, 0.25) is 0 Å². The van der Waals surface area contributed by atoms with Gasteiger partial charge in [0.2, 0.25) is 0 Å².